The van der Waals surface area contributed by atoms with E-state index in [4.69, 9.17) is 21.3 Å². The van der Waals surface area contributed by atoms with E-state index < -0.39 is 23.6 Å². The fraction of sp³-hybridized carbons (Fsp3) is 0.303. The summed E-state index contributed by atoms with van der Waals surface area (Å²) in [7, 11) is 1.78. The van der Waals surface area contributed by atoms with E-state index in [1.54, 1.807) is 17.9 Å². The van der Waals surface area contributed by atoms with E-state index in [9.17, 15) is 23.1 Å². The molecule has 6 rings (SSSR count). The van der Waals surface area contributed by atoms with Gasteiger partial charge in [-0.15, -0.1) is 0 Å². The molecule has 2 atom stereocenters. The fourth-order valence-electron chi connectivity index (χ4n) is 5.99. The first kappa shape index (κ1) is 29.7. The van der Waals surface area contributed by atoms with Crippen LogP contribution in [0.5, 0.6) is 5.75 Å². The maximum absolute atomic E-state index is 13.0. The van der Waals surface area contributed by atoms with Crippen molar-refractivity contribution >= 4 is 28.6 Å². The van der Waals surface area contributed by atoms with Gasteiger partial charge in [-0.05, 0) is 53.8 Å². The van der Waals surface area contributed by atoms with Gasteiger partial charge in [0.1, 0.15) is 23.9 Å². The normalized spacial score (nSPS) is 17.2. The van der Waals surface area contributed by atoms with Crippen LogP contribution in [0.4, 0.5) is 13.2 Å². The van der Waals surface area contributed by atoms with Crippen LogP contribution in [0.1, 0.15) is 54.2 Å². The zero-order valence-electron chi connectivity index (χ0n) is 23.9. The number of fused-ring (bicyclic) bond motifs is 1. The number of carboxylic acids is 1. The number of imidazole rings is 1. The van der Waals surface area contributed by atoms with Gasteiger partial charge in [0.25, 0.3) is 0 Å². The van der Waals surface area contributed by atoms with E-state index in [0.29, 0.717) is 35.0 Å². The molecular weight excluding hydrogens is 593 g/mol. The van der Waals surface area contributed by atoms with Gasteiger partial charge in [-0.2, -0.15) is 18.3 Å². The second kappa shape index (κ2) is 12.0. The molecule has 2 heterocycles. The summed E-state index contributed by atoms with van der Waals surface area (Å²) in [6.07, 6.45) is 0.448. The van der Waals surface area contributed by atoms with Gasteiger partial charge < -0.3 is 14.4 Å². The number of ether oxygens (including phenoxy) is 1. The van der Waals surface area contributed by atoms with Crippen molar-refractivity contribution in [1.29, 1.82) is 0 Å². The second-order valence-corrected chi connectivity index (χ2v) is 11.6. The molecule has 0 bridgehead atoms. The van der Waals surface area contributed by atoms with Gasteiger partial charge in [0.15, 0.2) is 0 Å². The molecule has 0 saturated heterocycles. The summed E-state index contributed by atoms with van der Waals surface area (Å²) in [6.45, 7) is 0.610. The SMILES string of the molecule is Cn1cc(Cl)c(COc2ccc3nc([C@H]4CCCC[C@H]4C(=O)O)n(Cc4ccc(-c5ccc(C(F)(F)F)cc5)cc4)c3c2)n1. The lowest BCUT2D eigenvalue weighted by Gasteiger charge is -2.28. The number of hydrogen-bond donors (Lipinski definition) is 1. The Morgan fingerprint density at radius 2 is 1.70 bits per heavy atom. The lowest BCUT2D eigenvalue weighted by molar-refractivity contribution is -0.143. The van der Waals surface area contributed by atoms with E-state index in [1.807, 2.05) is 42.5 Å². The zero-order chi connectivity index (χ0) is 31.0. The summed E-state index contributed by atoms with van der Waals surface area (Å²) in [5, 5.41) is 14.9. The summed E-state index contributed by atoms with van der Waals surface area (Å²) >= 11 is 6.25. The average Bonchev–Trinajstić information content (AvgIpc) is 3.53. The van der Waals surface area contributed by atoms with Crippen LogP contribution in [-0.4, -0.2) is 30.4 Å². The lowest BCUT2D eigenvalue weighted by Crippen LogP contribution is -2.27. The smallest absolute Gasteiger partial charge is 0.416 e. The number of alkyl halides is 3. The number of aromatic nitrogens is 4. The van der Waals surface area contributed by atoms with Gasteiger partial charge in [0, 0.05) is 31.8 Å². The van der Waals surface area contributed by atoms with Crippen molar-refractivity contribution in [3.05, 3.63) is 101 Å². The molecule has 228 valence electrons. The second-order valence-electron chi connectivity index (χ2n) is 11.2. The monoisotopic (exact) mass is 622 g/mol. The molecular formula is C33H30ClF3N4O3. The van der Waals surface area contributed by atoms with Gasteiger partial charge in [-0.25, -0.2) is 4.98 Å². The lowest BCUT2D eigenvalue weighted by atomic mass is 9.78. The molecule has 2 aromatic heterocycles. The number of aryl methyl sites for hydroxylation is 1. The first-order valence-corrected chi connectivity index (χ1v) is 14.7. The van der Waals surface area contributed by atoms with Crippen molar-refractivity contribution in [1.82, 2.24) is 19.3 Å². The van der Waals surface area contributed by atoms with Crippen LogP contribution in [0, 0.1) is 5.92 Å². The Labute approximate surface area is 256 Å². The Balaban J connectivity index is 1.33. The molecule has 3 aromatic carbocycles. The number of nitrogens with zero attached hydrogens (tertiary/aromatic N) is 4. The molecule has 1 saturated carbocycles. The number of aliphatic carboxylic acids is 1. The molecule has 7 nitrogen and oxygen atoms in total. The summed E-state index contributed by atoms with van der Waals surface area (Å²) in [5.74, 6) is -0.252. The van der Waals surface area contributed by atoms with Crippen LogP contribution < -0.4 is 4.74 Å². The van der Waals surface area contributed by atoms with Gasteiger partial charge in [0.2, 0.25) is 0 Å². The highest BCUT2D eigenvalue weighted by Gasteiger charge is 2.35. The van der Waals surface area contributed by atoms with E-state index in [-0.39, 0.29) is 12.5 Å². The summed E-state index contributed by atoms with van der Waals surface area (Å²) in [4.78, 5) is 17.2. The van der Waals surface area contributed by atoms with Crippen molar-refractivity contribution in [2.45, 2.75) is 50.9 Å². The van der Waals surface area contributed by atoms with Crippen molar-refractivity contribution in [2.24, 2.45) is 13.0 Å². The highest BCUT2D eigenvalue weighted by atomic mass is 35.5. The maximum Gasteiger partial charge on any atom is 0.416 e. The van der Waals surface area contributed by atoms with E-state index in [2.05, 4.69) is 9.67 Å². The van der Waals surface area contributed by atoms with E-state index >= 15 is 0 Å². The number of rotatable bonds is 8. The molecule has 0 amide bonds. The largest absolute Gasteiger partial charge is 0.487 e. The van der Waals surface area contributed by atoms with Crippen LogP contribution in [0.3, 0.4) is 0 Å². The van der Waals surface area contributed by atoms with E-state index in [1.165, 1.54) is 12.1 Å². The summed E-state index contributed by atoms with van der Waals surface area (Å²) in [5.41, 5.74) is 3.88. The van der Waals surface area contributed by atoms with Crippen LogP contribution in [0.25, 0.3) is 22.2 Å². The van der Waals surface area contributed by atoms with Crippen molar-refractivity contribution in [3.63, 3.8) is 0 Å². The van der Waals surface area contributed by atoms with Crippen molar-refractivity contribution in [3.8, 4) is 16.9 Å². The molecule has 0 spiro atoms. The Morgan fingerprint density at radius 3 is 2.34 bits per heavy atom. The third kappa shape index (κ3) is 6.17. The van der Waals surface area contributed by atoms with Gasteiger partial charge in [-0.3, -0.25) is 9.48 Å². The summed E-state index contributed by atoms with van der Waals surface area (Å²) < 4.78 is 48.8. The fourth-order valence-corrected chi connectivity index (χ4v) is 6.22. The Morgan fingerprint density at radius 1 is 1.02 bits per heavy atom. The molecule has 1 N–H and O–H groups in total. The molecule has 1 aliphatic rings. The minimum absolute atomic E-state index is 0.182. The molecule has 1 aliphatic carbocycles. The first-order chi connectivity index (χ1) is 21.1. The molecule has 5 aromatic rings. The number of carboxylic acid groups (broad SMARTS) is 1. The van der Waals surface area contributed by atoms with Crippen molar-refractivity contribution < 1.29 is 27.8 Å². The van der Waals surface area contributed by atoms with Crippen LogP contribution in [-0.2, 0) is 31.2 Å². The Hall–Kier alpha value is -4.31. The van der Waals surface area contributed by atoms with Crippen molar-refractivity contribution in [2.75, 3.05) is 0 Å². The molecule has 0 radical (unpaired) electrons. The van der Waals surface area contributed by atoms with Crippen LogP contribution >= 0.6 is 11.6 Å². The Bertz CT molecular complexity index is 1800. The highest BCUT2D eigenvalue weighted by Crippen LogP contribution is 2.40. The quantitative estimate of drug-likeness (QED) is 0.189. The zero-order valence-corrected chi connectivity index (χ0v) is 24.6. The topological polar surface area (TPSA) is 82.2 Å². The van der Waals surface area contributed by atoms with Crippen LogP contribution in [0.15, 0.2) is 72.9 Å². The average molecular weight is 623 g/mol. The first-order valence-electron chi connectivity index (χ1n) is 14.4. The molecule has 44 heavy (non-hydrogen) atoms. The van der Waals surface area contributed by atoms with Gasteiger partial charge >= 0.3 is 12.1 Å². The van der Waals surface area contributed by atoms with Crippen LogP contribution in [0.2, 0.25) is 5.02 Å². The number of halogens is 4. The number of carbonyl (C=O) groups is 1. The standard InChI is InChI=1S/C33H30ClF3N4O3/c1-40-18-27(34)29(39-40)19-44-24-14-15-28-30(16-24)41(31(38-28)25-4-2-3-5-26(25)32(42)43)17-20-6-8-21(9-7-20)22-10-12-23(13-11-22)33(35,36)37/h6-16,18,25-26H,2-5,17,19H2,1H3,(H,42,43)/t25-,26+/m0/s1. The molecule has 1 fully saturated rings. The predicted octanol–water partition coefficient (Wildman–Crippen LogP) is 8.09. The number of hydrogen-bond acceptors (Lipinski definition) is 4. The minimum Gasteiger partial charge on any atom is -0.487 e. The number of benzene rings is 3. The van der Waals surface area contributed by atoms with Gasteiger partial charge in [-0.1, -0.05) is 60.8 Å². The van der Waals surface area contributed by atoms with E-state index in [0.717, 1.165) is 59.4 Å². The van der Waals surface area contributed by atoms with Gasteiger partial charge in [0.05, 0.1) is 27.5 Å². The molecule has 0 aliphatic heterocycles. The molecule has 0 unspecified atom stereocenters. The highest BCUT2D eigenvalue weighted by molar-refractivity contribution is 6.31. The minimum atomic E-state index is -4.39. The Kier molecular flexibility index (Phi) is 8.11. The maximum atomic E-state index is 13.0. The third-order valence-electron chi connectivity index (χ3n) is 8.23. The molecule has 11 heteroatoms. The predicted molar refractivity (Wildman–Crippen MR) is 161 cm³/mol. The third-order valence-corrected chi connectivity index (χ3v) is 8.55. The summed E-state index contributed by atoms with van der Waals surface area (Å²) in [6, 6.07) is 18.3.